The molecular formula is C14H18BrNO. The second-order valence-electron chi connectivity index (χ2n) is 4.83. The Bertz CT molecular complexity index is 397. The fraction of sp³-hybridized carbons (Fsp3) is 0.500. The van der Waals surface area contributed by atoms with Gasteiger partial charge in [0.1, 0.15) is 0 Å². The molecule has 0 bridgehead atoms. The van der Waals surface area contributed by atoms with Crippen molar-refractivity contribution in [2.45, 2.75) is 26.2 Å². The molecule has 1 aromatic rings. The second-order valence-corrected chi connectivity index (χ2v) is 5.69. The van der Waals surface area contributed by atoms with Gasteiger partial charge >= 0.3 is 0 Å². The zero-order chi connectivity index (χ0) is 12.3. The first-order valence-electron chi connectivity index (χ1n) is 6.18. The van der Waals surface area contributed by atoms with Crippen LogP contribution in [0.4, 0.5) is 0 Å². The minimum absolute atomic E-state index is 0.254. The predicted octanol–water partition coefficient (Wildman–Crippen LogP) is 3.25. The highest BCUT2D eigenvalue weighted by atomic mass is 79.9. The highest BCUT2D eigenvalue weighted by Gasteiger charge is 2.20. The van der Waals surface area contributed by atoms with E-state index in [1.165, 1.54) is 0 Å². The molecular weight excluding hydrogens is 278 g/mol. The minimum atomic E-state index is 0.254. The molecule has 0 aromatic heterocycles. The number of hydrogen-bond donors (Lipinski definition) is 0. The molecule has 17 heavy (non-hydrogen) atoms. The van der Waals surface area contributed by atoms with Gasteiger partial charge in [0.2, 0.25) is 5.91 Å². The summed E-state index contributed by atoms with van der Waals surface area (Å²) in [6, 6.07) is 7.95. The Morgan fingerprint density at radius 2 is 2.00 bits per heavy atom. The van der Waals surface area contributed by atoms with Gasteiger partial charge in [-0.2, -0.15) is 0 Å². The lowest BCUT2D eigenvalue weighted by Crippen LogP contribution is -2.38. The minimum Gasteiger partial charge on any atom is -0.342 e. The lowest BCUT2D eigenvalue weighted by Gasteiger charge is -2.30. The maximum Gasteiger partial charge on any atom is 0.227 e. The van der Waals surface area contributed by atoms with E-state index in [0.29, 0.717) is 6.42 Å². The average molecular weight is 296 g/mol. The average Bonchev–Trinajstić information content (AvgIpc) is 2.33. The molecule has 1 aliphatic heterocycles. The van der Waals surface area contributed by atoms with E-state index in [-0.39, 0.29) is 5.91 Å². The summed E-state index contributed by atoms with van der Waals surface area (Å²) in [4.78, 5) is 14.1. The Morgan fingerprint density at radius 1 is 1.35 bits per heavy atom. The van der Waals surface area contributed by atoms with Crippen molar-refractivity contribution >= 4 is 21.8 Å². The molecule has 2 nitrogen and oxygen atoms in total. The van der Waals surface area contributed by atoms with Gasteiger partial charge in [-0.25, -0.2) is 0 Å². The fourth-order valence-corrected chi connectivity index (χ4v) is 2.60. The Balaban J connectivity index is 1.95. The van der Waals surface area contributed by atoms with Crippen LogP contribution in [0.25, 0.3) is 0 Å². The molecule has 0 saturated carbocycles. The molecule has 1 aliphatic rings. The number of halogens is 1. The zero-order valence-electron chi connectivity index (χ0n) is 10.2. The normalized spacial score (nSPS) is 17.2. The van der Waals surface area contributed by atoms with E-state index in [1.54, 1.807) is 0 Å². The molecule has 1 amide bonds. The van der Waals surface area contributed by atoms with Crippen LogP contribution in [0.15, 0.2) is 28.7 Å². The van der Waals surface area contributed by atoms with Crippen molar-refractivity contribution in [1.82, 2.24) is 4.90 Å². The van der Waals surface area contributed by atoms with Crippen LogP contribution >= 0.6 is 15.9 Å². The summed E-state index contributed by atoms with van der Waals surface area (Å²) < 4.78 is 1.03. The fourth-order valence-electron chi connectivity index (χ4n) is 2.17. The first-order valence-corrected chi connectivity index (χ1v) is 6.97. The third-order valence-corrected chi connectivity index (χ3v) is 4.21. The standard InChI is InChI=1S/C14H18BrNO/c1-11-6-8-16(9-7-11)14(17)10-12-4-2-3-5-13(12)15/h2-5,11H,6-10H2,1H3. The number of carbonyl (C=O) groups excluding carboxylic acids is 1. The monoisotopic (exact) mass is 295 g/mol. The van der Waals surface area contributed by atoms with Crippen LogP contribution < -0.4 is 0 Å². The van der Waals surface area contributed by atoms with E-state index < -0.39 is 0 Å². The van der Waals surface area contributed by atoms with Crippen molar-refractivity contribution < 1.29 is 4.79 Å². The van der Waals surface area contributed by atoms with Crippen LogP contribution in [0.5, 0.6) is 0 Å². The highest BCUT2D eigenvalue weighted by molar-refractivity contribution is 9.10. The molecule has 92 valence electrons. The molecule has 0 radical (unpaired) electrons. The lowest BCUT2D eigenvalue weighted by atomic mass is 9.98. The third-order valence-electron chi connectivity index (χ3n) is 3.44. The Hall–Kier alpha value is -0.830. The number of hydrogen-bond acceptors (Lipinski definition) is 1. The van der Waals surface area contributed by atoms with Gasteiger partial charge < -0.3 is 4.90 Å². The van der Waals surface area contributed by atoms with Gasteiger partial charge in [-0.1, -0.05) is 41.1 Å². The molecule has 1 saturated heterocycles. The van der Waals surface area contributed by atoms with Gasteiger partial charge in [-0.15, -0.1) is 0 Å². The van der Waals surface area contributed by atoms with Gasteiger partial charge in [0.15, 0.2) is 0 Å². The Morgan fingerprint density at radius 3 is 2.65 bits per heavy atom. The van der Waals surface area contributed by atoms with Gasteiger partial charge in [0, 0.05) is 17.6 Å². The summed E-state index contributed by atoms with van der Waals surface area (Å²) >= 11 is 3.49. The maximum absolute atomic E-state index is 12.1. The molecule has 0 spiro atoms. The molecule has 0 unspecified atom stereocenters. The smallest absolute Gasteiger partial charge is 0.227 e. The van der Waals surface area contributed by atoms with Crippen molar-refractivity contribution in [1.29, 1.82) is 0 Å². The van der Waals surface area contributed by atoms with Gasteiger partial charge in [0.25, 0.3) is 0 Å². The second kappa shape index (κ2) is 5.67. The van der Waals surface area contributed by atoms with Crippen molar-refractivity contribution in [3.05, 3.63) is 34.3 Å². The van der Waals surface area contributed by atoms with Gasteiger partial charge in [-0.05, 0) is 30.4 Å². The topological polar surface area (TPSA) is 20.3 Å². The number of benzene rings is 1. The Kier molecular flexibility index (Phi) is 4.21. The molecule has 3 heteroatoms. The molecule has 0 aliphatic carbocycles. The van der Waals surface area contributed by atoms with Crippen molar-refractivity contribution in [3.63, 3.8) is 0 Å². The van der Waals surface area contributed by atoms with Crippen LogP contribution in [0.3, 0.4) is 0 Å². The van der Waals surface area contributed by atoms with E-state index in [4.69, 9.17) is 0 Å². The van der Waals surface area contributed by atoms with Crippen LogP contribution in [0.2, 0.25) is 0 Å². The summed E-state index contributed by atoms with van der Waals surface area (Å²) in [5, 5.41) is 0. The number of nitrogens with zero attached hydrogens (tertiary/aromatic N) is 1. The molecule has 1 aromatic carbocycles. The number of likely N-dealkylation sites (tertiary alicyclic amines) is 1. The molecule has 1 heterocycles. The van der Waals surface area contributed by atoms with Crippen LogP contribution in [0.1, 0.15) is 25.3 Å². The zero-order valence-corrected chi connectivity index (χ0v) is 11.7. The van der Waals surface area contributed by atoms with E-state index in [2.05, 4.69) is 22.9 Å². The highest BCUT2D eigenvalue weighted by Crippen LogP contribution is 2.20. The van der Waals surface area contributed by atoms with Crippen LogP contribution in [0, 0.1) is 5.92 Å². The molecule has 0 atom stereocenters. The summed E-state index contributed by atoms with van der Waals surface area (Å²) in [5.74, 6) is 1.02. The first kappa shape index (κ1) is 12.6. The SMILES string of the molecule is CC1CCN(C(=O)Cc2ccccc2Br)CC1. The largest absolute Gasteiger partial charge is 0.342 e. The van der Waals surface area contributed by atoms with Crippen molar-refractivity contribution in [3.8, 4) is 0 Å². The van der Waals surface area contributed by atoms with Crippen LogP contribution in [-0.2, 0) is 11.2 Å². The van der Waals surface area contributed by atoms with Crippen molar-refractivity contribution in [2.24, 2.45) is 5.92 Å². The first-order chi connectivity index (χ1) is 8.16. The summed E-state index contributed by atoms with van der Waals surface area (Å²) in [6.07, 6.45) is 2.79. The third kappa shape index (κ3) is 3.32. The van der Waals surface area contributed by atoms with Crippen LogP contribution in [-0.4, -0.2) is 23.9 Å². The summed E-state index contributed by atoms with van der Waals surface area (Å²) in [6.45, 7) is 4.10. The molecule has 1 fully saturated rings. The lowest BCUT2D eigenvalue weighted by molar-refractivity contribution is -0.131. The predicted molar refractivity (Wildman–Crippen MR) is 72.8 cm³/mol. The van der Waals surface area contributed by atoms with E-state index in [0.717, 1.165) is 41.9 Å². The molecule has 0 N–H and O–H groups in total. The van der Waals surface area contributed by atoms with Crippen molar-refractivity contribution in [2.75, 3.05) is 13.1 Å². The van der Waals surface area contributed by atoms with Gasteiger partial charge in [0.05, 0.1) is 6.42 Å². The summed E-state index contributed by atoms with van der Waals surface area (Å²) in [5.41, 5.74) is 1.08. The number of amides is 1. The van der Waals surface area contributed by atoms with Gasteiger partial charge in [-0.3, -0.25) is 4.79 Å². The quantitative estimate of drug-likeness (QED) is 0.820. The molecule has 2 rings (SSSR count). The number of carbonyl (C=O) groups is 1. The number of piperidine rings is 1. The number of rotatable bonds is 2. The van der Waals surface area contributed by atoms with E-state index in [9.17, 15) is 4.79 Å². The summed E-state index contributed by atoms with van der Waals surface area (Å²) in [7, 11) is 0. The maximum atomic E-state index is 12.1. The van der Waals surface area contributed by atoms with E-state index >= 15 is 0 Å². The van der Waals surface area contributed by atoms with E-state index in [1.807, 2.05) is 29.2 Å². The Labute approximate surface area is 111 Å².